The van der Waals surface area contributed by atoms with Gasteiger partial charge in [0.05, 0.1) is 19.2 Å². The first-order valence-electron chi connectivity index (χ1n) is 7.66. The highest BCUT2D eigenvalue weighted by molar-refractivity contribution is 7.91. The third-order valence-electron chi connectivity index (χ3n) is 3.82. The van der Waals surface area contributed by atoms with Crippen molar-refractivity contribution in [1.29, 1.82) is 0 Å². The van der Waals surface area contributed by atoms with Gasteiger partial charge < -0.3 is 15.7 Å². The molecule has 1 aliphatic heterocycles. The van der Waals surface area contributed by atoms with Crippen molar-refractivity contribution in [3.05, 3.63) is 29.7 Å². The van der Waals surface area contributed by atoms with Gasteiger partial charge in [-0.3, -0.25) is 9.59 Å². The third kappa shape index (κ3) is 4.66. The summed E-state index contributed by atoms with van der Waals surface area (Å²) in [6.07, 6.45) is 1.46. The van der Waals surface area contributed by atoms with Gasteiger partial charge in [0.2, 0.25) is 11.8 Å². The lowest BCUT2D eigenvalue weighted by atomic mass is 10.2. The first-order valence-corrected chi connectivity index (χ1v) is 9.92. The molecule has 0 radical (unpaired) electrons. The fourth-order valence-corrected chi connectivity index (χ4v) is 5.73. The van der Waals surface area contributed by atoms with Gasteiger partial charge in [0.15, 0.2) is 0 Å². The Hall–Kier alpha value is -1.75. The van der Waals surface area contributed by atoms with Crippen LogP contribution in [0.4, 0.5) is 0 Å². The number of aliphatic hydroxyl groups excluding tert-OH is 1. The van der Waals surface area contributed by atoms with Gasteiger partial charge >= 0.3 is 0 Å². The summed E-state index contributed by atoms with van der Waals surface area (Å²) in [5, 5.41) is 14.8. The monoisotopic (exact) mass is 387 g/mol. The van der Waals surface area contributed by atoms with E-state index in [0.717, 1.165) is 17.4 Å². The van der Waals surface area contributed by atoms with Gasteiger partial charge in [-0.25, -0.2) is 8.42 Å². The van der Waals surface area contributed by atoms with E-state index in [-0.39, 0.29) is 41.8 Å². The summed E-state index contributed by atoms with van der Waals surface area (Å²) in [5.74, 6) is -0.576. The Morgan fingerprint density at radius 1 is 1.48 bits per heavy atom. The smallest absolute Gasteiger partial charge is 0.252 e. The van der Waals surface area contributed by atoms with Crippen molar-refractivity contribution in [3.63, 3.8) is 0 Å². The molecule has 8 nitrogen and oxygen atoms in total. The number of carbonyl (C=O) groups is 2. The number of thiophene rings is 1. The molecule has 3 N–H and O–H groups in total. The lowest BCUT2D eigenvalue weighted by molar-refractivity contribution is -0.119. The Balaban J connectivity index is 2.15. The average Bonchev–Trinajstić information content (AvgIpc) is 3.20. The van der Waals surface area contributed by atoms with E-state index in [1.165, 1.54) is 17.3 Å². The first kappa shape index (κ1) is 19.6. The number of hydrogen-bond acceptors (Lipinski definition) is 6. The van der Waals surface area contributed by atoms with Gasteiger partial charge in [0, 0.05) is 24.4 Å². The van der Waals surface area contributed by atoms with Crippen LogP contribution in [0.25, 0.3) is 0 Å². The number of aliphatic hydroxyl groups is 1. The summed E-state index contributed by atoms with van der Waals surface area (Å²) in [6.45, 7) is 4.78. The molecule has 1 aromatic rings. The summed E-state index contributed by atoms with van der Waals surface area (Å²) < 4.78 is 27.1. The van der Waals surface area contributed by atoms with E-state index in [1.54, 1.807) is 6.07 Å². The van der Waals surface area contributed by atoms with Gasteiger partial charge in [0.25, 0.3) is 10.0 Å². The molecule has 2 heterocycles. The van der Waals surface area contributed by atoms with Gasteiger partial charge in [-0.15, -0.1) is 11.3 Å². The summed E-state index contributed by atoms with van der Waals surface area (Å²) in [4.78, 5) is 23.1. The fourth-order valence-electron chi connectivity index (χ4n) is 2.63. The van der Waals surface area contributed by atoms with Crippen molar-refractivity contribution < 1.29 is 23.1 Å². The van der Waals surface area contributed by atoms with E-state index in [1.807, 2.05) is 0 Å². The zero-order valence-corrected chi connectivity index (χ0v) is 15.4. The standard InChI is InChI=1S/C15H21N3O5S2/c1-3-14(21)17-11-6-12(9-19)18(8-11)25(22,23)15-5-4-13(24-15)7-16-10(2)20/h3-5,11-12,19H,1,6-9H2,2H3,(H,16,20)(H,17,21). The molecule has 2 unspecified atom stereocenters. The summed E-state index contributed by atoms with van der Waals surface area (Å²) in [7, 11) is -3.79. The topological polar surface area (TPSA) is 116 Å². The van der Waals surface area contributed by atoms with Crippen LogP contribution in [-0.2, 0) is 26.2 Å². The summed E-state index contributed by atoms with van der Waals surface area (Å²) in [5.41, 5.74) is 0. The molecule has 2 rings (SSSR count). The second-order valence-corrected chi connectivity index (χ2v) is 8.97. The normalized spacial score (nSPS) is 21.0. The van der Waals surface area contributed by atoms with E-state index in [9.17, 15) is 23.1 Å². The molecule has 1 saturated heterocycles. The van der Waals surface area contributed by atoms with Crippen LogP contribution in [0.3, 0.4) is 0 Å². The molecule has 0 aliphatic carbocycles. The van der Waals surface area contributed by atoms with E-state index in [4.69, 9.17) is 0 Å². The number of amides is 2. The van der Waals surface area contributed by atoms with Gasteiger partial charge in [0.1, 0.15) is 4.21 Å². The zero-order valence-electron chi connectivity index (χ0n) is 13.8. The van der Waals surface area contributed by atoms with Crippen LogP contribution < -0.4 is 10.6 Å². The highest BCUT2D eigenvalue weighted by Gasteiger charge is 2.40. The van der Waals surface area contributed by atoms with Gasteiger partial charge in [-0.2, -0.15) is 4.31 Å². The predicted octanol–water partition coefficient (Wildman–Crippen LogP) is -0.190. The minimum Gasteiger partial charge on any atom is -0.395 e. The van der Waals surface area contributed by atoms with Crippen molar-refractivity contribution in [2.75, 3.05) is 13.2 Å². The minimum atomic E-state index is -3.79. The fraction of sp³-hybridized carbons (Fsp3) is 0.467. The Labute approximate surface area is 150 Å². The molecule has 0 spiro atoms. The summed E-state index contributed by atoms with van der Waals surface area (Å²) >= 11 is 1.07. The Morgan fingerprint density at radius 3 is 2.80 bits per heavy atom. The molecule has 10 heteroatoms. The molecule has 0 saturated carbocycles. The van der Waals surface area contributed by atoms with Crippen LogP contribution in [0.15, 0.2) is 29.0 Å². The third-order valence-corrected chi connectivity index (χ3v) is 7.29. The number of hydrogen-bond donors (Lipinski definition) is 3. The second kappa shape index (κ2) is 8.09. The highest BCUT2D eigenvalue weighted by atomic mass is 32.2. The molecule has 1 fully saturated rings. The lowest BCUT2D eigenvalue weighted by Crippen LogP contribution is -2.39. The Kier molecular flexibility index (Phi) is 6.33. The molecular weight excluding hydrogens is 366 g/mol. The van der Waals surface area contributed by atoms with Crippen molar-refractivity contribution in [1.82, 2.24) is 14.9 Å². The molecule has 0 bridgehead atoms. The molecule has 25 heavy (non-hydrogen) atoms. The largest absolute Gasteiger partial charge is 0.395 e. The maximum absolute atomic E-state index is 12.9. The van der Waals surface area contributed by atoms with Crippen LogP contribution in [0.1, 0.15) is 18.2 Å². The van der Waals surface area contributed by atoms with Gasteiger partial charge in [-0.05, 0) is 24.6 Å². The van der Waals surface area contributed by atoms with Crippen LogP contribution in [0, 0.1) is 0 Å². The Bertz CT molecular complexity index is 759. The van der Waals surface area contributed by atoms with Crippen molar-refractivity contribution in [2.45, 2.75) is 36.2 Å². The maximum Gasteiger partial charge on any atom is 0.252 e. The number of sulfonamides is 1. The molecular formula is C15H21N3O5S2. The number of carbonyl (C=O) groups excluding carboxylic acids is 2. The van der Waals surface area contributed by atoms with E-state index in [0.29, 0.717) is 11.3 Å². The van der Waals surface area contributed by atoms with Gasteiger partial charge in [-0.1, -0.05) is 6.58 Å². The zero-order chi connectivity index (χ0) is 18.6. The summed E-state index contributed by atoms with van der Waals surface area (Å²) in [6, 6.07) is 2.16. The SMILES string of the molecule is C=CC(=O)NC1CC(CO)N(S(=O)(=O)c2ccc(CNC(C)=O)s2)C1. The maximum atomic E-state index is 12.9. The molecule has 138 valence electrons. The van der Waals surface area contributed by atoms with Crippen molar-refractivity contribution >= 4 is 33.2 Å². The molecule has 1 aliphatic rings. The van der Waals surface area contributed by atoms with E-state index in [2.05, 4.69) is 17.2 Å². The average molecular weight is 387 g/mol. The lowest BCUT2D eigenvalue weighted by Gasteiger charge is -2.21. The molecule has 2 amide bonds. The number of nitrogens with one attached hydrogen (secondary N) is 2. The Morgan fingerprint density at radius 2 is 2.20 bits per heavy atom. The first-order chi connectivity index (χ1) is 11.8. The second-order valence-electron chi connectivity index (χ2n) is 5.69. The number of rotatable bonds is 7. The van der Waals surface area contributed by atoms with Crippen molar-refractivity contribution in [3.8, 4) is 0 Å². The van der Waals surface area contributed by atoms with E-state index < -0.39 is 16.1 Å². The highest BCUT2D eigenvalue weighted by Crippen LogP contribution is 2.30. The van der Waals surface area contributed by atoms with E-state index >= 15 is 0 Å². The van der Waals surface area contributed by atoms with Crippen LogP contribution in [0.2, 0.25) is 0 Å². The van der Waals surface area contributed by atoms with Crippen LogP contribution in [-0.4, -0.2) is 54.9 Å². The quantitative estimate of drug-likeness (QED) is 0.561. The van der Waals surface area contributed by atoms with Crippen molar-refractivity contribution in [2.24, 2.45) is 0 Å². The molecule has 0 aromatic carbocycles. The number of nitrogens with zero attached hydrogens (tertiary/aromatic N) is 1. The van der Waals surface area contributed by atoms with Crippen LogP contribution in [0.5, 0.6) is 0 Å². The predicted molar refractivity (Wildman–Crippen MR) is 93.4 cm³/mol. The molecule has 1 aromatic heterocycles. The minimum absolute atomic E-state index is 0.0894. The molecule has 2 atom stereocenters. The van der Waals surface area contributed by atoms with Crippen LogP contribution >= 0.6 is 11.3 Å².